The van der Waals surface area contributed by atoms with Crippen molar-refractivity contribution in [2.45, 2.75) is 32.1 Å². The van der Waals surface area contributed by atoms with Crippen molar-refractivity contribution in [3.63, 3.8) is 0 Å². The second-order valence-corrected chi connectivity index (χ2v) is 7.82. The first-order chi connectivity index (χ1) is 12.0. The predicted octanol–water partition coefficient (Wildman–Crippen LogP) is 2.97. The molecular formula is C17H18N2O4S2. The van der Waals surface area contributed by atoms with Crippen LogP contribution >= 0.6 is 22.7 Å². The number of ether oxygens (including phenoxy) is 1. The van der Waals surface area contributed by atoms with Crippen LogP contribution in [-0.4, -0.2) is 24.4 Å². The van der Waals surface area contributed by atoms with E-state index in [9.17, 15) is 14.4 Å². The first-order valence-electron chi connectivity index (χ1n) is 8.00. The van der Waals surface area contributed by atoms with E-state index in [-0.39, 0.29) is 5.56 Å². The summed E-state index contributed by atoms with van der Waals surface area (Å²) in [7, 11) is 0. The van der Waals surface area contributed by atoms with Gasteiger partial charge < -0.3 is 15.8 Å². The number of thiophene rings is 2. The summed E-state index contributed by atoms with van der Waals surface area (Å²) in [6, 6.07) is 3.42. The molecule has 3 N–H and O–H groups in total. The first-order valence-corrected chi connectivity index (χ1v) is 9.70. The molecule has 132 valence electrons. The zero-order valence-corrected chi connectivity index (χ0v) is 15.1. The molecule has 0 aromatic carbocycles. The van der Waals surface area contributed by atoms with Gasteiger partial charge in [0.2, 0.25) is 0 Å². The van der Waals surface area contributed by atoms with Crippen LogP contribution in [0, 0.1) is 0 Å². The molecule has 1 aliphatic carbocycles. The van der Waals surface area contributed by atoms with Gasteiger partial charge in [-0.15, -0.1) is 22.7 Å². The molecule has 0 radical (unpaired) electrons. The average Bonchev–Trinajstić information content (AvgIpc) is 3.15. The Kier molecular flexibility index (Phi) is 5.50. The molecule has 25 heavy (non-hydrogen) atoms. The van der Waals surface area contributed by atoms with Gasteiger partial charge in [-0.2, -0.15) is 0 Å². The second kappa shape index (κ2) is 7.79. The SMILES string of the molecule is NC(=O)c1ccsc1NC(=O)COC(=O)c1cc2c(s1)CCCCC2. The third-order valence-corrected chi connectivity index (χ3v) is 6.01. The molecule has 2 aromatic rings. The first kappa shape index (κ1) is 17.6. The van der Waals surface area contributed by atoms with Crippen molar-refractivity contribution in [3.8, 4) is 0 Å². The Morgan fingerprint density at radius 1 is 1.20 bits per heavy atom. The van der Waals surface area contributed by atoms with E-state index < -0.39 is 24.4 Å². The maximum Gasteiger partial charge on any atom is 0.348 e. The molecule has 2 amide bonds. The monoisotopic (exact) mass is 378 g/mol. The van der Waals surface area contributed by atoms with Gasteiger partial charge in [0, 0.05) is 4.88 Å². The number of rotatable bonds is 5. The van der Waals surface area contributed by atoms with Crippen LogP contribution in [0.4, 0.5) is 5.00 Å². The number of hydrogen-bond donors (Lipinski definition) is 2. The Hall–Kier alpha value is -2.19. The Morgan fingerprint density at radius 3 is 2.80 bits per heavy atom. The highest BCUT2D eigenvalue weighted by atomic mass is 32.1. The Morgan fingerprint density at radius 2 is 2.00 bits per heavy atom. The lowest BCUT2D eigenvalue weighted by Gasteiger charge is -2.05. The Balaban J connectivity index is 1.56. The van der Waals surface area contributed by atoms with Crippen LogP contribution in [0.15, 0.2) is 17.5 Å². The minimum absolute atomic E-state index is 0.242. The van der Waals surface area contributed by atoms with Gasteiger partial charge >= 0.3 is 5.97 Å². The summed E-state index contributed by atoms with van der Waals surface area (Å²) in [5.41, 5.74) is 6.69. The van der Waals surface area contributed by atoms with E-state index in [1.807, 2.05) is 6.07 Å². The lowest BCUT2D eigenvalue weighted by atomic mass is 10.1. The van der Waals surface area contributed by atoms with Gasteiger partial charge in [0.05, 0.1) is 5.56 Å². The van der Waals surface area contributed by atoms with Crippen LogP contribution in [0.2, 0.25) is 0 Å². The van der Waals surface area contributed by atoms with Crippen LogP contribution in [0.1, 0.15) is 49.7 Å². The number of amides is 2. The predicted molar refractivity (Wildman–Crippen MR) is 97.3 cm³/mol. The van der Waals surface area contributed by atoms with Crippen molar-refractivity contribution < 1.29 is 19.1 Å². The van der Waals surface area contributed by atoms with Crippen LogP contribution in [-0.2, 0) is 22.4 Å². The Labute approximate surface area is 153 Å². The number of carbonyl (C=O) groups is 3. The minimum Gasteiger partial charge on any atom is -0.451 e. The number of esters is 1. The molecule has 0 aliphatic heterocycles. The van der Waals surface area contributed by atoms with Gasteiger partial charge in [-0.05, 0) is 48.8 Å². The molecule has 2 aromatic heterocycles. The highest BCUT2D eigenvalue weighted by Gasteiger charge is 2.19. The van der Waals surface area contributed by atoms with E-state index in [4.69, 9.17) is 10.5 Å². The quantitative estimate of drug-likeness (QED) is 0.617. The minimum atomic E-state index is -0.617. The Bertz CT molecular complexity index is 786. The zero-order valence-electron chi connectivity index (χ0n) is 13.5. The molecule has 1 aliphatic rings. The zero-order chi connectivity index (χ0) is 17.8. The summed E-state index contributed by atoms with van der Waals surface area (Å²) in [6.07, 6.45) is 5.50. The summed E-state index contributed by atoms with van der Waals surface area (Å²) >= 11 is 2.64. The number of aryl methyl sites for hydroxylation is 2. The third kappa shape index (κ3) is 4.26. The largest absolute Gasteiger partial charge is 0.451 e. The maximum atomic E-state index is 12.2. The van der Waals surface area contributed by atoms with E-state index in [1.165, 1.54) is 45.6 Å². The molecule has 8 heteroatoms. The summed E-state index contributed by atoms with van der Waals surface area (Å²) in [4.78, 5) is 37.1. The molecule has 0 atom stereocenters. The second-order valence-electron chi connectivity index (χ2n) is 5.77. The molecular weight excluding hydrogens is 360 g/mol. The smallest absolute Gasteiger partial charge is 0.348 e. The van der Waals surface area contributed by atoms with Crippen LogP contribution < -0.4 is 11.1 Å². The molecule has 3 rings (SSSR count). The molecule has 6 nitrogen and oxygen atoms in total. The highest BCUT2D eigenvalue weighted by molar-refractivity contribution is 7.15. The van der Waals surface area contributed by atoms with E-state index in [0.717, 1.165) is 25.7 Å². The molecule has 0 saturated carbocycles. The summed E-state index contributed by atoms with van der Waals surface area (Å²) < 4.78 is 5.10. The topological polar surface area (TPSA) is 98.5 Å². The van der Waals surface area contributed by atoms with E-state index >= 15 is 0 Å². The normalized spacial score (nSPS) is 13.6. The van der Waals surface area contributed by atoms with Crippen molar-refractivity contribution in [2.24, 2.45) is 5.73 Å². The van der Waals surface area contributed by atoms with Crippen LogP contribution in [0.5, 0.6) is 0 Å². The lowest BCUT2D eigenvalue weighted by molar-refractivity contribution is -0.119. The van der Waals surface area contributed by atoms with E-state index in [0.29, 0.717) is 9.88 Å². The molecule has 0 unspecified atom stereocenters. The van der Waals surface area contributed by atoms with Crippen molar-refractivity contribution >= 4 is 45.5 Å². The van der Waals surface area contributed by atoms with Crippen molar-refractivity contribution in [2.75, 3.05) is 11.9 Å². The van der Waals surface area contributed by atoms with E-state index in [2.05, 4.69) is 5.32 Å². The molecule has 0 bridgehead atoms. The fourth-order valence-electron chi connectivity index (χ4n) is 2.73. The standard InChI is InChI=1S/C17H18N2O4S2/c18-15(21)11-6-7-24-16(11)19-14(20)9-23-17(22)13-8-10-4-2-1-3-5-12(10)25-13/h6-8H,1-5,9H2,(H2,18,21)(H,19,20). The fourth-order valence-corrected chi connectivity index (χ4v) is 4.69. The molecule has 0 saturated heterocycles. The third-order valence-electron chi connectivity index (χ3n) is 3.97. The number of fused-ring (bicyclic) bond motifs is 1. The van der Waals surface area contributed by atoms with Crippen molar-refractivity contribution in [1.82, 2.24) is 0 Å². The maximum absolute atomic E-state index is 12.2. The molecule has 0 fully saturated rings. The number of anilines is 1. The van der Waals surface area contributed by atoms with Crippen molar-refractivity contribution in [3.05, 3.63) is 38.4 Å². The summed E-state index contributed by atoms with van der Waals surface area (Å²) in [6.45, 7) is -0.405. The summed E-state index contributed by atoms with van der Waals surface area (Å²) in [5.74, 6) is -1.61. The van der Waals surface area contributed by atoms with Gasteiger partial charge in [-0.1, -0.05) is 6.42 Å². The van der Waals surface area contributed by atoms with Crippen LogP contribution in [0.25, 0.3) is 0 Å². The number of nitrogens with two attached hydrogens (primary N) is 1. The van der Waals surface area contributed by atoms with Gasteiger partial charge in [-0.25, -0.2) is 4.79 Å². The fraction of sp³-hybridized carbons (Fsp3) is 0.353. The van der Waals surface area contributed by atoms with Gasteiger partial charge in [-0.3, -0.25) is 9.59 Å². The number of hydrogen-bond acceptors (Lipinski definition) is 6. The van der Waals surface area contributed by atoms with E-state index in [1.54, 1.807) is 5.38 Å². The van der Waals surface area contributed by atoms with Crippen LogP contribution in [0.3, 0.4) is 0 Å². The highest BCUT2D eigenvalue weighted by Crippen LogP contribution is 2.29. The van der Waals surface area contributed by atoms with Gasteiger partial charge in [0.25, 0.3) is 11.8 Å². The number of carbonyl (C=O) groups excluding carboxylic acids is 3. The van der Waals surface area contributed by atoms with Gasteiger partial charge in [0.15, 0.2) is 6.61 Å². The lowest BCUT2D eigenvalue weighted by Crippen LogP contribution is -2.22. The molecule has 2 heterocycles. The number of nitrogens with one attached hydrogen (secondary N) is 1. The summed E-state index contributed by atoms with van der Waals surface area (Å²) in [5, 5.41) is 4.55. The number of primary amides is 1. The van der Waals surface area contributed by atoms with Crippen molar-refractivity contribution in [1.29, 1.82) is 0 Å². The van der Waals surface area contributed by atoms with Gasteiger partial charge in [0.1, 0.15) is 9.88 Å². The molecule has 0 spiro atoms. The average molecular weight is 378 g/mol.